The molecular weight excluding hydrogens is 483 g/mol. The van der Waals surface area contributed by atoms with Gasteiger partial charge < -0.3 is 10.2 Å². The second kappa shape index (κ2) is 26.5. The molecule has 0 saturated heterocycles. The van der Waals surface area contributed by atoms with E-state index in [9.17, 15) is 9.59 Å². The molecule has 0 aromatic heterocycles. The minimum atomic E-state index is -1.18. The average molecular weight is 531 g/mol. The van der Waals surface area contributed by atoms with Gasteiger partial charge in [0.1, 0.15) is 0 Å². The van der Waals surface area contributed by atoms with Gasteiger partial charge in [0, 0.05) is 11.6 Å². The first-order chi connectivity index (χ1) is 14.5. The van der Waals surface area contributed by atoms with Gasteiger partial charge in [0.2, 0.25) is 0 Å². The van der Waals surface area contributed by atoms with Gasteiger partial charge in [-0.25, -0.2) is 9.59 Å². The fourth-order valence-electron chi connectivity index (χ4n) is 3.10. The van der Waals surface area contributed by atoms with Crippen LogP contribution in [0.3, 0.4) is 0 Å². The third-order valence-electron chi connectivity index (χ3n) is 5.04. The fourth-order valence-corrected chi connectivity index (χ4v) is 7.26. The summed E-state index contributed by atoms with van der Waals surface area (Å²) < 4.78 is 3.25. The molecule has 5 heteroatoms. The first kappa shape index (κ1) is 31.7. The van der Waals surface area contributed by atoms with E-state index in [1.54, 1.807) is 8.87 Å². The summed E-state index contributed by atoms with van der Waals surface area (Å²) in [7, 11) is 0. The Balaban J connectivity index is 0. The Morgan fingerprint density at radius 1 is 0.633 bits per heavy atom. The molecule has 0 bridgehead atoms. The minimum absolute atomic E-state index is 0.00146. The number of hydrogen-bond acceptors (Lipinski definition) is 2. The Bertz CT molecular complexity index is 415. The van der Waals surface area contributed by atoms with E-state index < -0.39 is 11.9 Å². The summed E-state index contributed by atoms with van der Waals surface area (Å²) in [6.07, 6.45) is 20.2. The molecule has 0 aromatic rings. The van der Waals surface area contributed by atoms with Crippen molar-refractivity contribution in [3.05, 3.63) is 11.6 Å². The van der Waals surface area contributed by atoms with E-state index in [1.807, 2.05) is 0 Å². The van der Waals surface area contributed by atoms with Crippen molar-refractivity contribution in [2.45, 2.75) is 132 Å². The molecule has 0 aliphatic heterocycles. The van der Waals surface area contributed by atoms with Gasteiger partial charge in [0.25, 0.3) is 0 Å². The maximum absolute atomic E-state index is 10.8. The second-order valence-corrected chi connectivity index (χ2v) is 12.3. The number of aliphatic carboxylic acids is 2. The third-order valence-corrected chi connectivity index (χ3v) is 9.07. The molecule has 2 N–H and O–H groups in total. The Hall–Kier alpha value is -0.521. The summed E-state index contributed by atoms with van der Waals surface area (Å²) in [5, 5.41) is 17.4. The van der Waals surface area contributed by atoms with Crippen LogP contribution in [0.5, 0.6) is 0 Å². The van der Waals surface area contributed by atoms with E-state index in [1.165, 1.54) is 77.0 Å². The molecule has 176 valence electrons. The molecule has 0 amide bonds. The average Bonchev–Trinajstić information content (AvgIpc) is 2.71. The Kier molecular flexibility index (Phi) is 28.0. The van der Waals surface area contributed by atoms with Crippen molar-refractivity contribution in [1.82, 2.24) is 0 Å². The summed E-state index contributed by atoms with van der Waals surface area (Å²) >= 11 is 0.149. The van der Waals surface area contributed by atoms with E-state index in [0.29, 0.717) is 6.42 Å². The molecule has 0 aromatic carbocycles. The summed E-state index contributed by atoms with van der Waals surface area (Å²) in [6, 6.07) is 0. The van der Waals surface area contributed by atoms with Gasteiger partial charge in [0.15, 0.2) is 0 Å². The second-order valence-electron chi connectivity index (χ2n) is 8.06. The van der Waals surface area contributed by atoms with E-state index in [4.69, 9.17) is 10.2 Å². The SMILES string of the molecule is CCCCCCCCCCCCCC(=CC(=O)O)C(=O)O.CCC[CH2][Sn][CH2]CCC. The molecule has 0 unspecified atom stereocenters. The van der Waals surface area contributed by atoms with Gasteiger partial charge in [-0.15, -0.1) is 0 Å². The van der Waals surface area contributed by atoms with Crippen LogP contribution < -0.4 is 0 Å². The summed E-state index contributed by atoms with van der Waals surface area (Å²) in [6.45, 7) is 6.81. The Labute approximate surface area is 196 Å². The van der Waals surface area contributed by atoms with Gasteiger partial charge in [-0.2, -0.15) is 0 Å². The number of unbranched alkanes of at least 4 members (excludes halogenated alkanes) is 12. The van der Waals surface area contributed by atoms with Crippen molar-refractivity contribution in [3.63, 3.8) is 0 Å². The standard InChI is InChI=1S/C17H30O4.2C4H9.Sn/c1-2-3-4-5-6-7-8-9-10-11-12-13-15(17(20)21)14-16(18)19;2*1-3-4-2;/h14H,2-13H2,1H3,(H,18,19)(H,20,21);2*1,3-4H2,2H3;. The van der Waals surface area contributed by atoms with Gasteiger partial charge in [0.05, 0.1) is 0 Å². The number of carboxylic acids is 2. The van der Waals surface area contributed by atoms with E-state index >= 15 is 0 Å². The van der Waals surface area contributed by atoms with Gasteiger partial charge in [-0.1, -0.05) is 71.1 Å². The van der Waals surface area contributed by atoms with Crippen LogP contribution in [0.25, 0.3) is 0 Å². The van der Waals surface area contributed by atoms with Crippen LogP contribution in [0.4, 0.5) is 0 Å². The van der Waals surface area contributed by atoms with Crippen LogP contribution in [0.2, 0.25) is 8.87 Å². The Morgan fingerprint density at radius 3 is 1.40 bits per heavy atom. The van der Waals surface area contributed by atoms with E-state index in [2.05, 4.69) is 20.8 Å². The van der Waals surface area contributed by atoms with Crippen LogP contribution in [-0.2, 0) is 9.59 Å². The van der Waals surface area contributed by atoms with Crippen LogP contribution in [0.15, 0.2) is 11.6 Å². The van der Waals surface area contributed by atoms with Crippen LogP contribution in [-0.4, -0.2) is 43.3 Å². The fraction of sp³-hybridized carbons (Fsp3) is 0.840. The molecule has 0 heterocycles. The molecule has 30 heavy (non-hydrogen) atoms. The monoisotopic (exact) mass is 532 g/mol. The van der Waals surface area contributed by atoms with Gasteiger partial charge in [-0.3, -0.25) is 0 Å². The van der Waals surface area contributed by atoms with Crippen molar-refractivity contribution >= 4 is 33.1 Å². The predicted octanol–water partition coefficient (Wildman–Crippen LogP) is 7.91. The van der Waals surface area contributed by atoms with Crippen LogP contribution >= 0.6 is 0 Å². The number of hydrogen-bond donors (Lipinski definition) is 2. The molecule has 2 radical (unpaired) electrons. The third kappa shape index (κ3) is 27.5. The molecule has 0 aliphatic rings. The van der Waals surface area contributed by atoms with Crippen molar-refractivity contribution in [3.8, 4) is 0 Å². The normalized spacial score (nSPS) is 11.1. The number of carbonyl (C=O) groups is 2. The zero-order valence-electron chi connectivity index (χ0n) is 20.0. The summed E-state index contributed by atoms with van der Waals surface area (Å²) in [4.78, 5) is 21.3. The molecule has 0 spiro atoms. The number of carboxylic acid groups (broad SMARTS) is 2. The molecule has 0 atom stereocenters. The van der Waals surface area contributed by atoms with Crippen LogP contribution in [0.1, 0.15) is 124 Å². The quantitative estimate of drug-likeness (QED) is 0.0951. The summed E-state index contributed by atoms with van der Waals surface area (Å²) in [5.41, 5.74) is -0.00146. The topological polar surface area (TPSA) is 74.6 Å². The van der Waals surface area contributed by atoms with Crippen molar-refractivity contribution in [1.29, 1.82) is 0 Å². The zero-order valence-corrected chi connectivity index (χ0v) is 22.9. The first-order valence-corrected chi connectivity index (χ1v) is 16.4. The maximum atomic E-state index is 10.8. The van der Waals surface area contributed by atoms with Crippen molar-refractivity contribution in [2.75, 3.05) is 0 Å². The zero-order chi connectivity index (χ0) is 22.9. The predicted molar refractivity (Wildman–Crippen MR) is 130 cm³/mol. The van der Waals surface area contributed by atoms with E-state index in [0.717, 1.165) is 25.3 Å². The molecule has 0 aliphatic carbocycles. The number of rotatable bonds is 20. The van der Waals surface area contributed by atoms with Crippen LogP contribution in [0, 0.1) is 0 Å². The van der Waals surface area contributed by atoms with E-state index in [-0.39, 0.29) is 26.7 Å². The molecule has 4 nitrogen and oxygen atoms in total. The van der Waals surface area contributed by atoms with Gasteiger partial charge >= 0.3 is 81.5 Å². The molecule has 0 rings (SSSR count). The molecular formula is C25H48O4Sn. The molecule has 0 saturated carbocycles. The molecule has 0 fully saturated rings. The van der Waals surface area contributed by atoms with Gasteiger partial charge in [-0.05, 0) is 12.8 Å². The first-order valence-electron chi connectivity index (χ1n) is 12.4. The van der Waals surface area contributed by atoms with Crippen molar-refractivity contribution < 1.29 is 19.8 Å². The summed E-state index contributed by atoms with van der Waals surface area (Å²) in [5.74, 6) is -2.31. The van der Waals surface area contributed by atoms with Crippen molar-refractivity contribution in [2.24, 2.45) is 0 Å². The Morgan fingerprint density at radius 2 is 1.03 bits per heavy atom.